The van der Waals surface area contributed by atoms with E-state index in [1.807, 2.05) is 37.4 Å². The molecule has 0 saturated carbocycles. The fourth-order valence-electron chi connectivity index (χ4n) is 2.66. The second-order valence-electron chi connectivity index (χ2n) is 5.38. The smallest absolute Gasteiger partial charge is 0.243 e. The Hall–Kier alpha value is -1.39. The molecule has 1 aromatic rings. The summed E-state index contributed by atoms with van der Waals surface area (Å²) in [6.45, 7) is 1.88. The van der Waals surface area contributed by atoms with Gasteiger partial charge in [0.1, 0.15) is 6.04 Å². The molecule has 2 N–H and O–H groups in total. The molecule has 4 nitrogen and oxygen atoms in total. The van der Waals surface area contributed by atoms with Crippen LogP contribution in [0.5, 0.6) is 0 Å². The van der Waals surface area contributed by atoms with Crippen LogP contribution in [0.25, 0.3) is 0 Å². The zero-order chi connectivity index (χ0) is 13.8. The zero-order valence-electron chi connectivity index (χ0n) is 11.7. The van der Waals surface area contributed by atoms with E-state index in [2.05, 4.69) is 11.9 Å². The van der Waals surface area contributed by atoms with E-state index < -0.39 is 6.04 Å². The number of likely N-dealkylation sites (N-methyl/N-ethyl adjacent to an activating group) is 2. The van der Waals surface area contributed by atoms with Crippen molar-refractivity contribution in [3.63, 3.8) is 0 Å². The lowest BCUT2D eigenvalue weighted by atomic mass is 10.1. The molecule has 0 bridgehead atoms. The highest BCUT2D eigenvalue weighted by Crippen LogP contribution is 2.17. The molecule has 2 atom stereocenters. The van der Waals surface area contributed by atoms with E-state index in [1.54, 1.807) is 4.90 Å². The minimum atomic E-state index is -0.557. The van der Waals surface area contributed by atoms with Gasteiger partial charge in [0.05, 0.1) is 0 Å². The Bertz CT molecular complexity index is 421. The van der Waals surface area contributed by atoms with Gasteiger partial charge in [-0.05, 0) is 32.0 Å². The summed E-state index contributed by atoms with van der Waals surface area (Å²) in [5.41, 5.74) is 6.92. The first-order valence-electron chi connectivity index (χ1n) is 6.85. The Morgan fingerprint density at radius 1 is 1.47 bits per heavy atom. The van der Waals surface area contributed by atoms with Crippen LogP contribution < -0.4 is 5.73 Å². The predicted octanol–water partition coefficient (Wildman–Crippen LogP) is 1.24. The molecule has 1 amide bonds. The van der Waals surface area contributed by atoms with Gasteiger partial charge in [0.2, 0.25) is 5.91 Å². The molecule has 19 heavy (non-hydrogen) atoms. The summed E-state index contributed by atoms with van der Waals surface area (Å²) in [5.74, 6) is -0.00787. The molecule has 2 rings (SSSR count). The van der Waals surface area contributed by atoms with Crippen LogP contribution in [0.4, 0.5) is 0 Å². The maximum atomic E-state index is 12.3. The summed E-state index contributed by atoms with van der Waals surface area (Å²) < 4.78 is 0. The summed E-state index contributed by atoms with van der Waals surface area (Å²) in [5, 5.41) is 0. The average molecular weight is 261 g/mol. The maximum Gasteiger partial charge on any atom is 0.243 e. The van der Waals surface area contributed by atoms with Crippen LogP contribution in [0.1, 0.15) is 24.4 Å². The Labute approximate surface area is 115 Å². The molecular weight excluding hydrogens is 238 g/mol. The third kappa shape index (κ3) is 3.33. The van der Waals surface area contributed by atoms with Crippen molar-refractivity contribution in [2.45, 2.75) is 24.9 Å². The number of nitrogens with zero attached hydrogens (tertiary/aromatic N) is 2. The van der Waals surface area contributed by atoms with Gasteiger partial charge in [-0.1, -0.05) is 30.3 Å². The lowest BCUT2D eigenvalue weighted by molar-refractivity contribution is -0.132. The standard InChI is InChI=1S/C15H23N3O/c1-17-10-6-9-13(17)11-18(2)15(19)14(16)12-7-4-3-5-8-12/h3-5,7-8,13-14H,6,9-11,16H2,1-2H3. The predicted molar refractivity (Wildman–Crippen MR) is 76.7 cm³/mol. The Kier molecular flexibility index (Phi) is 4.56. The Morgan fingerprint density at radius 2 is 2.16 bits per heavy atom. The molecule has 0 radical (unpaired) electrons. The molecule has 1 aromatic carbocycles. The first kappa shape index (κ1) is 14.0. The number of carbonyl (C=O) groups is 1. The number of hydrogen-bond acceptors (Lipinski definition) is 3. The molecule has 0 aromatic heterocycles. The molecule has 2 unspecified atom stereocenters. The topological polar surface area (TPSA) is 49.6 Å². The van der Waals surface area contributed by atoms with Crippen LogP contribution in [-0.4, -0.2) is 48.9 Å². The minimum Gasteiger partial charge on any atom is -0.343 e. The number of hydrogen-bond donors (Lipinski definition) is 1. The molecule has 104 valence electrons. The van der Waals surface area contributed by atoms with Crippen molar-refractivity contribution in [2.75, 3.05) is 27.2 Å². The Balaban J connectivity index is 1.95. The highest BCUT2D eigenvalue weighted by atomic mass is 16.2. The number of carbonyl (C=O) groups excluding carboxylic acids is 1. The fourth-order valence-corrected chi connectivity index (χ4v) is 2.66. The highest BCUT2D eigenvalue weighted by Gasteiger charge is 2.26. The van der Waals surface area contributed by atoms with Gasteiger partial charge in [0.25, 0.3) is 0 Å². The number of amides is 1. The van der Waals surface area contributed by atoms with Gasteiger partial charge in [0, 0.05) is 19.6 Å². The highest BCUT2D eigenvalue weighted by molar-refractivity contribution is 5.82. The fraction of sp³-hybridized carbons (Fsp3) is 0.533. The van der Waals surface area contributed by atoms with Gasteiger partial charge in [-0.2, -0.15) is 0 Å². The molecule has 1 aliphatic rings. The SMILES string of the molecule is CN(CC1CCCN1C)C(=O)C(N)c1ccccc1. The van der Waals surface area contributed by atoms with E-state index in [9.17, 15) is 4.79 Å². The third-order valence-electron chi connectivity index (χ3n) is 3.96. The first-order chi connectivity index (χ1) is 9.09. The van der Waals surface area contributed by atoms with E-state index in [0.29, 0.717) is 6.04 Å². The van der Waals surface area contributed by atoms with Crippen LogP contribution >= 0.6 is 0 Å². The van der Waals surface area contributed by atoms with E-state index in [-0.39, 0.29) is 5.91 Å². The molecule has 1 saturated heterocycles. The van der Waals surface area contributed by atoms with Gasteiger partial charge in [0.15, 0.2) is 0 Å². The van der Waals surface area contributed by atoms with Crippen molar-refractivity contribution in [2.24, 2.45) is 5.73 Å². The van der Waals surface area contributed by atoms with E-state index >= 15 is 0 Å². The van der Waals surface area contributed by atoms with E-state index in [0.717, 1.165) is 25.1 Å². The lowest BCUT2D eigenvalue weighted by Crippen LogP contribution is -2.43. The molecule has 0 spiro atoms. The van der Waals surface area contributed by atoms with Gasteiger partial charge < -0.3 is 15.5 Å². The summed E-state index contributed by atoms with van der Waals surface area (Å²) in [6, 6.07) is 9.46. The molecule has 1 aliphatic heterocycles. The quantitative estimate of drug-likeness (QED) is 0.887. The maximum absolute atomic E-state index is 12.3. The van der Waals surface area contributed by atoms with Crippen molar-refractivity contribution in [1.82, 2.24) is 9.80 Å². The molecular formula is C15H23N3O. The van der Waals surface area contributed by atoms with Crippen molar-refractivity contribution in [3.05, 3.63) is 35.9 Å². The summed E-state index contributed by atoms with van der Waals surface area (Å²) in [6.07, 6.45) is 2.38. The van der Waals surface area contributed by atoms with Gasteiger partial charge in [-0.3, -0.25) is 4.79 Å². The van der Waals surface area contributed by atoms with Crippen LogP contribution in [0.3, 0.4) is 0 Å². The van der Waals surface area contributed by atoms with Gasteiger partial charge in [-0.15, -0.1) is 0 Å². The molecule has 4 heteroatoms. The number of likely N-dealkylation sites (tertiary alicyclic amines) is 1. The minimum absolute atomic E-state index is 0.00787. The number of benzene rings is 1. The van der Waals surface area contributed by atoms with Crippen molar-refractivity contribution in [3.8, 4) is 0 Å². The molecule has 1 fully saturated rings. The zero-order valence-corrected chi connectivity index (χ0v) is 11.7. The van der Waals surface area contributed by atoms with E-state index in [4.69, 9.17) is 5.73 Å². The number of nitrogens with two attached hydrogens (primary N) is 1. The van der Waals surface area contributed by atoms with Gasteiger partial charge in [-0.25, -0.2) is 0 Å². The summed E-state index contributed by atoms with van der Waals surface area (Å²) >= 11 is 0. The van der Waals surface area contributed by atoms with Gasteiger partial charge >= 0.3 is 0 Å². The summed E-state index contributed by atoms with van der Waals surface area (Å²) in [7, 11) is 3.96. The third-order valence-corrected chi connectivity index (χ3v) is 3.96. The first-order valence-corrected chi connectivity index (χ1v) is 6.85. The van der Waals surface area contributed by atoms with Crippen LogP contribution in [0.2, 0.25) is 0 Å². The monoisotopic (exact) mass is 261 g/mol. The number of rotatable bonds is 4. The average Bonchev–Trinajstić information content (AvgIpc) is 2.83. The van der Waals surface area contributed by atoms with Crippen molar-refractivity contribution in [1.29, 1.82) is 0 Å². The molecule has 1 heterocycles. The second kappa shape index (κ2) is 6.17. The second-order valence-corrected chi connectivity index (χ2v) is 5.38. The van der Waals surface area contributed by atoms with E-state index in [1.165, 1.54) is 6.42 Å². The van der Waals surface area contributed by atoms with Crippen molar-refractivity contribution >= 4 is 5.91 Å². The van der Waals surface area contributed by atoms with Crippen LogP contribution in [0.15, 0.2) is 30.3 Å². The largest absolute Gasteiger partial charge is 0.343 e. The summed E-state index contributed by atoms with van der Waals surface area (Å²) in [4.78, 5) is 16.4. The van der Waals surface area contributed by atoms with Crippen LogP contribution in [-0.2, 0) is 4.79 Å². The van der Waals surface area contributed by atoms with Crippen molar-refractivity contribution < 1.29 is 4.79 Å². The Morgan fingerprint density at radius 3 is 2.74 bits per heavy atom. The normalized spacial score (nSPS) is 21.3. The lowest BCUT2D eigenvalue weighted by Gasteiger charge is -2.27. The van der Waals surface area contributed by atoms with Crippen LogP contribution in [0, 0.1) is 0 Å². The molecule has 0 aliphatic carbocycles.